The number of imide groups is 1. The first-order chi connectivity index (χ1) is 14.8. The fraction of sp³-hybridized carbons (Fsp3) is 0.190. The van der Waals surface area contributed by atoms with Crippen molar-refractivity contribution in [1.29, 1.82) is 0 Å². The number of amides is 2. The molecule has 0 spiro atoms. The number of rotatable bonds is 7. The molecule has 0 unspecified atom stereocenters. The lowest BCUT2D eigenvalue weighted by atomic mass is 10.1. The van der Waals surface area contributed by atoms with E-state index in [1.54, 1.807) is 36.4 Å². The Hall–Kier alpha value is -2.68. The van der Waals surface area contributed by atoms with Crippen LogP contribution in [0.2, 0.25) is 10.0 Å². The van der Waals surface area contributed by atoms with Gasteiger partial charge in [-0.2, -0.15) is 0 Å². The van der Waals surface area contributed by atoms with Crippen LogP contribution in [0.3, 0.4) is 0 Å². The van der Waals surface area contributed by atoms with Crippen LogP contribution in [0.1, 0.15) is 11.1 Å². The van der Waals surface area contributed by atoms with E-state index in [0.29, 0.717) is 32.7 Å². The summed E-state index contributed by atoms with van der Waals surface area (Å²) in [6.45, 7) is -0.331. The lowest BCUT2D eigenvalue weighted by Gasteiger charge is -2.13. The molecular formula is C21H17Cl2NO6S. The molecule has 0 N–H and O–H groups in total. The van der Waals surface area contributed by atoms with Gasteiger partial charge in [0.2, 0.25) is 0 Å². The summed E-state index contributed by atoms with van der Waals surface area (Å²) in [5.41, 5.74) is 1.23. The lowest BCUT2D eigenvalue weighted by molar-refractivity contribution is -0.143. The SMILES string of the molecule is COC(=O)CN1C(=O)S/C(=C\c2ccc(OC)c(OCc3c(Cl)cccc3Cl)c2)C1=O. The first-order valence-electron chi connectivity index (χ1n) is 8.90. The first-order valence-corrected chi connectivity index (χ1v) is 10.5. The van der Waals surface area contributed by atoms with E-state index in [9.17, 15) is 14.4 Å². The summed E-state index contributed by atoms with van der Waals surface area (Å²) in [6, 6.07) is 10.2. The minimum atomic E-state index is -0.679. The summed E-state index contributed by atoms with van der Waals surface area (Å²) in [5, 5.41) is 0.406. The molecule has 0 aliphatic carbocycles. The van der Waals surface area contributed by atoms with Crippen molar-refractivity contribution in [2.75, 3.05) is 20.8 Å². The van der Waals surface area contributed by atoms with Crippen LogP contribution < -0.4 is 9.47 Å². The Kier molecular flexibility index (Phi) is 7.48. The van der Waals surface area contributed by atoms with E-state index in [1.165, 1.54) is 20.3 Å². The molecule has 1 aliphatic rings. The average Bonchev–Trinajstić information content (AvgIpc) is 3.00. The van der Waals surface area contributed by atoms with Gasteiger partial charge in [-0.25, -0.2) is 0 Å². The average molecular weight is 482 g/mol. The molecule has 1 heterocycles. The number of thioether (sulfide) groups is 1. The fourth-order valence-corrected chi connectivity index (χ4v) is 4.04. The molecule has 162 valence electrons. The second-order valence-corrected chi connectivity index (χ2v) is 8.05. The van der Waals surface area contributed by atoms with Crippen LogP contribution in [0.5, 0.6) is 11.5 Å². The van der Waals surface area contributed by atoms with Crippen LogP contribution in [-0.2, 0) is 20.9 Å². The van der Waals surface area contributed by atoms with Gasteiger partial charge in [-0.05, 0) is 47.7 Å². The number of ether oxygens (including phenoxy) is 3. The Balaban J connectivity index is 1.83. The van der Waals surface area contributed by atoms with Gasteiger partial charge in [-0.3, -0.25) is 19.3 Å². The number of halogens is 2. The third-order valence-electron chi connectivity index (χ3n) is 4.31. The van der Waals surface area contributed by atoms with Crippen molar-refractivity contribution in [3.63, 3.8) is 0 Å². The maximum atomic E-state index is 12.5. The highest BCUT2D eigenvalue weighted by Gasteiger charge is 2.36. The third kappa shape index (κ3) is 5.33. The molecule has 10 heteroatoms. The molecule has 3 rings (SSSR count). The summed E-state index contributed by atoms with van der Waals surface area (Å²) in [5.74, 6) is -0.372. The minimum absolute atomic E-state index is 0.105. The van der Waals surface area contributed by atoms with Crippen LogP contribution in [0, 0.1) is 0 Å². The van der Waals surface area contributed by atoms with E-state index >= 15 is 0 Å². The van der Waals surface area contributed by atoms with E-state index < -0.39 is 23.7 Å². The van der Waals surface area contributed by atoms with Crippen LogP contribution in [-0.4, -0.2) is 42.8 Å². The summed E-state index contributed by atoms with van der Waals surface area (Å²) in [7, 11) is 2.69. The number of esters is 1. The Morgan fingerprint density at radius 3 is 2.45 bits per heavy atom. The molecule has 0 radical (unpaired) electrons. The van der Waals surface area contributed by atoms with Gasteiger partial charge >= 0.3 is 5.97 Å². The van der Waals surface area contributed by atoms with Gasteiger partial charge in [-0.15, -0.1) is 0 Å². The molecule has 1 fully saturated rings. The fourth-order valence-electron chi connectivity index (χ4n) is 2.70. The number of hydrogen-bond donors (Lipinski definition) is 0. The van der Waals surface area contributed by atoms with Gasteiger partial charge in [0.25, 0.3) is 11.1 Å². The third-order valence-corrected chi connectivity index (χ3v) is 5.92. The van der Waals surface area contributed by atoms with Gasteiger partial charge in [0.1, 0.15) is 13.2 Å². The van der Waals surface area contributed by atoms with Crippen LogP contribution in [0.15, 0.2) is 41.3 Å². The molecule has 0 bridgehead atoms. The molecular weight excluding hydrogens is 465 g/mol. The predicted molar refractivity (Wildman–Crippen MR) is 118 cm³/mol. The monoisotopic (exact) mass is 481 g/mol. The smallest absolute Gasteiger partial charge is 0.325 e. The van der Waals surface area contributed by atoms with Crippen molar-refractivity contribution in [1.82, 2.24) is 4.90 Å². The molecule has 1 saturated heterocycles. The first kappa shape index (κ1) is 23.0. The Bertz CT molecular complexity index is 1050. The van der Waals surface area contributed by atoms with Crippen molar-refractivity contribution < 1.29 is 28.6 Å². The van der Waals surface area contributed by atoms with Crippen molar-refractivity contribution >= 4 is 58.2 Å². The van der Waals surface area contributed by atoms with Crippen LogP contribution in [0.25, 0.3) is 6.08 Å². The Labute approximate surface area is 192 Å². The highest BCUT2D eigenvalue weighted by Crippen LogP contribution is 2.35. The number of carbonyl (C=O) groups is 3. The van der Waals surface area contributed by atoms with Crippen LogP contribution in [0.4, 0.5) is 4.79 Å². The topological polar surface area (TPSA) is 82.1 Å². The number of hydrogen-bond acceptors (Lipinski definition) is 7. The summed E-state index contributed by atoms with van der Waals surface area (Å²) in [6.07, 6.45) is 1.54. The number of carbonyl (C=O) groups excluding carboxylic acids is 3. The molecule has 0 aromatic heterocycles. The largest absolute Gasteiger partial charge is 0.493 e. The highest BCUT2D eigenvalue weighted by molar-refractivity contribution is 8.18. The summed E-state index contributed by atoms with van der Waals surface area (Å²) in [4.78, 5) is 37.0. The Morgan fingerprint density at radius 2 is 1.81 bits per heavy atom. The van der Waals surface area contributed by atoms with E-state index in [-0.39, 0.29) is 11.5 Å². The molecule has 0 atom stereocenters. The van der Waals surface area contributed by atoms with Gasteiger partial charge in [-0.1, -0.05) is 35.3 Å². The molecule has 2 aromatic carbocycles. The molecule has 1 aliphatic heterocycles. The second kappa shape index (κ2) is 10.1. The molecule has 2 amide bonds. The van der Waals surface area contributed by atoms with Gasteiger partial charge in [0.15, 0.2) is 11.5 Å². The maximum absolute atomic E-state index is 12.5. The molecule has 2 aromatic rings. The minimum Gasteiger partial charge on any atom is -0.493 e. The van der Waals surface area contributed by atoms with Gasteiger partial charge < -0.3 is 14.2 Å². The predicted octanol–water partition coefficient (Wildman–Crippen LogP) is 4.79. The lowest BCUT2D eigenvalue weighted by Crippen LogP contribution is -2.34. The van der Waals surface area contributed by atoms with Gasteiger partial charge in [0.05, 0.1) is 19.1 Å². The van der Waals surface area contributed by atoms with Gasteiger partial charge in [0, 0.05) is 15.6 Å². The van der Waals surface area contributed by atoms with E-state index in [4.69, 9.17) is 32.7 Å². The van der Waals surface area contributed by atoms with E-state index in [0.717, 1.165) is 16.7 Å². The zero-order chi connectivity index (χ0) is 22.5. The Morgan fingerprint density at radius 1 is 1.10 bits per heavy atom. The van der Waals surface area contributed by atoms with Crippen LogP contribution >= 0.6 is 35.0 Å². The maximum Gasteiger partial charge on any atom is 0.325 e. The second-order valence-electron chi connectivity index (χ2n) is 6.24. The number of methoxy groups -OCH3 is 2. The summed E-state index contributed by atoms with van der Waals surface area (Å²) < 4.78 is 15.7. The van der Waals surface area contributed by atoms with Crippen molar-refractivity contribution in [3.8, 4) is 11.5 Å². The van der Waals surface area contributed by atoms with Crippen molar-refractivity contribution in [2.24, 2.45) is 0 Å². The standard InChI is InChI=1S/C21H17Cl2NO6S/c1-28-16-7-6-12(8-17(16)30-11-13-14(22)4-3-5-15(13)23)9-18-20(26)24(21(27)31-18)10-19(25)29-2/h3-9H,10-11H2,1-2H3/b18-9-. The normalized spacial score (nSPS) is 14.8. The highest BCUT2D eigenvalue weighted by atomic mass is 35.5. The van der Waals surface area contributed by atoms with Crippen molar-refractivity contribution in [3.05, 3.63) is 62.5 Å². The molecule has 31 heavy (non-hydrogen) atoms. The van der Waals surface area contributed by atoms with E-state index in [2.05, 4.69) is 4.74 Å². The van der Waals surface area contributed by atoms with Crippen molar-refractivity contribution in [2.45, 2.75) is 6.61 Å². The molecule has 7 nitrogen and oxygen atoms in total. The van der Waals surface area contributed by atoms with E-state index in [1.807, 2.05) is 0 Å². The number of nitrogens with zero attached hydrogens (tertiary/aromatic N) is 1. The zero-order valence-corrected chi connectivity index (χ0v) is 18.8. The number of benzene rings is 2. The summed E-state index contributed by atoms with van der Waals surface area (Å²) >= 11 is 13.1. The quantitative estimate of drug-likeness (QED) is 0.415. The molecule has 0 saturated carbocycles. The zero-order valence-electron chi connectivity index (χ0n) is 16.5.